The second kappa shape index (κ2) is 7.78. The van der Waals surface area contributed by atoms with E-state index in [1.165, 1.54) is 11.0 Å². The maximum atomic E-state index is 12.6. The molecular formula is C19H27N3O3. The van der Waals surface area contributed by atoms with E-state index in [0.717, 1.165) is 25.7 Å². The maximum absolute atomic E-state index is 12.6. The van der Waals surface area contributed by atoms with E-state index in [4.69, 9.17) is 5.73 Å². The number of benzene rings is 1. The fourth-order valence-electron chi connectivity index (χ4n) is 3.03. The molecule has 0 aliphatic carbocycles. The number of hydrogen-bond donors (Lipinski definition) is 2. The van der Waals surface area contributed by atoms with Gasteiger partial charge in [0.25, 0.3) is 17.7 Å². The maximum Gasteiger partial charge on any atom is 0.261 e. The first-order valence-corrected chi connectivity index (χ1v) is 8.95. The zero-order chi connectivity index (χ0) is 18.6. The Kier molecular flexibility index (Phi) is 5.95. The number of fused-ring (bicyclic) bond motifs is 1. The first-order chi connectivity index (χ1) is 11.9. The van der Waals surface area contributed by atoms with Crippen LogP contribution in [0.4, 0.5) is 0 Å². The highest BCUT2D eigenvalue weighted by molar-refractivity contribution is 6.22. The zero-order valence-electron chi connectivity index (χ0n) is 15.2. The highest BCUT2D eigenvalue weighted by Crippen LogP contribution is 2.25. The van der Waals surface area contributed by atoms with E-state index in [1.807, 2.05) is 20.8 Å². The minimum absolute atomic E-state index is 0.274. The minimum atomic E-state index is -0.455. The molecule has 25 heavy (non-hydrogen) atoms. The third-order valence-corrected chi connectivity index (χ3v) is 5.09. The summed E-state index contributed by atoms with van der Waals surface area (Å²) >= 11 is 0. The van der Waals surface area contributed by atoms with E-state index >= 15 is 0 Å². The lowest BCUT2D eigenvalue weighted by Gasteiger charge is -2.31. The Labute approximate surface area is 148 Å². The number of hydrogen-bond acceptors (Lipinski definition) is 4. The molecule has 0 aromatic heterocycles. The third kappa shape index (κ3) is 3.58. The van der Waals surface area contributed by atoms with Crippen LogP contribution in [0.1, 0.15) is 77.5 Å². The normalized spacial score (nSPS) is 14.0. The Hall–Kier alpha value is -2.21. The van der Waals surface area contributed by atoms with Gasteiger partial charge in [0, 0.05) is 18.7 Å². The number of nitrogens with zero attached hydrogens (tertiary/aromatic N) is 1. The predicted octanol–water partition coefficient (Wildman–Crippen LogP) is 2.33. The van der Waals surface area contributed by atoms with Gasteiger partial charge in [-0.15, -0.1) is 0 Å². The van der Waals surface area contributed by atoms with E-state index in [-0.39, 0.29) is 17.7 Å². The zero-order valence-corrected chi connectivity index (χ0v) is 15.2. The number of carbonyl (C=O) groups excluding carboxylic acids is 3. The van der Waals surface area contributed by atoms with Crippen LogP contribution in [0.25, 0.3) is 0 Å². The number of imide groups is 1. The number of nitrogens with one attached hydrogen (secondary N) is 1. The van der Waals surface area contributed by atoms with E-state index in [0.29, 0.717) is 29.8 Å². The van der Waals surface area contributed by atoms with Gasteiger partial charge < -0.3 is 11.1 Å². The molecule has 1 heterocycles. The van der Waals surface area contributed by atoms with Crippen molar-refractivity contribution in [2.75, 3.05) is 13.1 Å². The first-order valence-electron chi connectivity index (χ1n) is 8.95. The summed E-state index contributed by atoms with van der Waals surface area (Å²) in [6, 6.07) is 4.68. The molecule has 1 aromatic carbocycles. The molecule has 0 saturated heterocycles. The lowest BCUT2D eigenvalue weighted by atomic mass is 9.92. The van der Waals surface area contributed by atoms with Crippen LogP contribution in [0.3, 0.4) is 0 Å². The Morgan fingerprint density at radius 3 is 2.32 bits per heavy atom. The van der Waals surface area contributed by atoms with Crippen molar-refractivity contribution >= 4 is 17.7 Å². The summed E-state index contributed by atoms with van der Waals surface area (Å²) < 4.78 is 0. The molecule has 0 fully saturated rings. The summed E-state index contributed by atoms with van der Waals surface area (Å²) in [4.78, 5) is 38.7. The fraction of sp³-hybridized carbons (Fsp3) is 0.526. The summed E-state index contributed by atoms with van der Waals surface area (Å²) in [7, 11) is 0. The summed E-state index contributed by atoms with van der Waals surface area (Å²) in [5.74, 6) is -0.873. The van der Waals surface area contributed by atoms with Crippen molar-refractivity contribution in [1.29, 1.82) is 0 Å². The topological polar surface area (TPSA) is 92.5 Å². The molecule has 0 saturated carbocycles. The lowest BCUT2D eigenvalue weighted by Crippen LogP contribution is -2.52. The molecule has 0 bridgehead atoms. The molecule has 6 nitrogen and oxygen atoms in total. The van der Waals surface area contributed by atoms with E-state index < -0.39 is 5.54 Å². The highest BCUT2D eigenvalue weighted by atomic mass is 16.2. The van der Waals surface area contributed by atoms with E-state index in [9.17, 15) is 14.4 Å². The lowest BCUT2D eigenvalue weighted by molar-refractivity contribution is 0.0652. The van der Waals surface area contributed by atoms with Gasteiger partial charge in [0.15, 0.2) is 0 Å². The quantitative estimate of drug-likeness (QED) is 0.707. The van der Waals surface area contributed by atoms with Crippen LogP contribution in [-0.4, -0.2) is 41.2 Å². The molecule has 0 spiro atoms. The van der Waals surface area contributed by atoms with Gasteiger partial charge in [0.1, 0.15) is 0 Å². The van der Waals surface area contributed by atoms with Crippen molar-refractivity contribution < 1.29 is 14.4 Å². The van der Waals surface area contributed by atoms with Gasteiger partial charge in [-0.1, -0.05) is 27.2 Å². The van der Waals surface area contributed by atoms with Gasteiger partial charge >= 0.3 is 0 Å². The average molecular weight is 345 g/mol. The predicted molar refractivity (Wildman–Crippen MR) is 96.6 cm³/mol. The summed E-state index contributed by atoms with van der Waals surface area (Å²) in [5.41, 5.74) is 6.42. The monoisotopic (exact) mass is 345 g/mol. The number of amides is 3. The van der Waals surface area contributed by atoms with Crippen molar-refractivity contribution in [2.45, 2.75) is 52.0 Å². The molecule has 3 amide bonds. The van der Waals surface area contributed by atoms with Gasteiger partial charge in [-0.3, -0.25) is 19.3 Å². The average Bonchev–Trinajstić information content (AvgIpc) is 2.88. The second-order valence-electron chi connectivity index (χ2n) is 6.52. The number of nitrogens with two attached hydrogens (primary N) is 1. The molecule has 136 valence electrons. The Balaban J connectivity index is 2.25. The van der Waals surface area contributed by atoms with E-state index in [1.54, 1.807) is 12.1 Å². The molecular weight excluding hydrogens is 318 g/mol. The van der Waals surface area contributed by atoms with Crippen molar-refractivity contribution in [2.24, 2.45) is 5.73 Å². The van der Waals surface area contributed by atoms with E-state index in [2.05, 4.69) is 5.32 Å². The van der Waals surface area contributed by atoms with Crippen molar-refractivity contribution in [1.82, 2.24) is 10.2 Å². The van der Waals surface area contributed by atoms with Crippen LogP contribution in [-0.2, 0) is 0 Å². The van der Waals surface area contributed by atoms with Crippen LogP contribution in [0.5, 0.6) is 0 Å². The Morgan fingerprint density at radius 1 is 1.12 bits per heavy atom. The second-order valence-corrected chi connectivity index (χ2v) is 6.52. The van der Waals surface area contributed by atoms with Crippen LogP contribution >= 0.6 is 0 Å². The molecule has 1 aliphatic heterocycles. The van der Waals surface area contributed by atoms with Crippen molar-refractivity contribution in [3.63, 3.8) is 0 Å². The Morgan fingerprint density at radius 2 is 1.76 bits per heavy atom. The fourth-order valence-corrected chi connectivity index (χ4v) is 3.03. The molecule has 0 unspecified atom stereocenters. The van der Waals surface area contributed by atoms with Gasteiger partial charge in [-0.2, -0.15) is 0 Å². The van der Waals surface area contributed by atoms with Crippen LogP contribution in [0, 0.1) is 0 Å². The number of carbonyl (C=O) groups is 3. The van der Waals surface area contributed by atoms with Crippen molar-refractivity contribution in [3.05, 3.63) is 34.9 Å². The van der Waals surface area contributed by atoms with Gasteiger partial charge in [0.2, 0.25) is 0 Å². The van der Waals surface area contributed by atoms with Gasteiger partial charge in [0.05, 0.1) is 16.7 Å². The molecule has 3 N–H and O–H groups in total. The standard InChI is InChI=1S/C19H27N3O3/c1-4-7-10-22-17(24)14-9-8-13(11-15(14)18(22)25)16(23)21-19(5-2,6-3)12-20/h8-9,11H,4-7,10,12,20H2,1-3H3,(H,21,23). The Bertz CT molecular complexity index is 672. The van der Waals surface area contributed by atoms with Crippen LogP contribution in [0.15, 0.2) is 18.2 Å². The molecule has 2 rings (SSSR count). The summed E-state index contributed by atoms with van der Waals surface area (Å²) in [5, 5.41) is 2.98. The van der Waals surface area contributed by atoms with Gasteiger partial charge in [-0.25, -0.2) is 0 Å². The third-order valence-electron chi connectivity index (χ3n) is 5.09. The molecule has 0 radical (unpaired) electrons. The number of rotatable bonds is 8. The molecule has 0 atom stereocenters. The summed E-state index contributed by atoms with van der Waals surface area (Å²) in [6.45, 7) is 6.72. The van der Waals surface area contributed by atoms with Gasteiger partial charge in [-0.05, 0) is 37.5 Å². The first kappa shape index (κ1) is 19.1. The smallest absolute Gasteiger partial charge is 0.261 e. The highest BCUT2D eigenvalue weighted by Gasteiger charge is 2.36. The molecule has 1 aromatic rings. The molecule has 6 heteroatoms. The van der Waals surface area contributed by atoms with Crippen molar-refractivity contribution in [3.8, 4) is 0 Å². The summed E-state index contributed by atoms with van der Waals surface area (Å²) in [6.07, 6.45) is 3.11. The van der Waals surface area contributed by atoms with Crippen LogP contribution in [0.2, 0.25) is 0 Å². The number of unbranched alkanes of at least 4 members (excludes halogenated alkanes) is 1. The van der Waals surface area contributed by atoms with Crippen LogP contribution < -0.4 is 11.1 Å². The minimum Gasteiger partial charge on any atom is -0.345 e. The SMILES string of the molecule is CCCCN1C(=O)c2ccc(C(=O)NC(CC)(CC)CN)cc2C1=O. The largest absolute Gasteiger partial charge is 0.345 e. The molecule has 1 aliphatic rings.